The summed E-state index contributed by atoms with van der Waals surface area (Å²) in [7, 11) is 1.31. The number of nitrogens with one attached hydrogen (secondary N) is 1. The van der Waals surface area contributed by atoms with E-state index in [0.717, 1.165) is 25.8 Å². The number of carbonyl (C=O) groups excluding carboxylic acids is 1. The standard InChI is InChI=1S/C11H15ClN2O3S/c1-17-9(16)7-8(12)14-10(18-7)13-6-11(2-3-11)4-5-15/h15H,2-6H2,1H3,(H,13,14). The molecule has 1 aromatic rings. The van der Waals surface area contributed by atoms with E-state index in [-0.39, 0.29) is 17.2 Å². The number of carbonyl (C=O) groups is 1. The van der Waals surface area contributed by atoms with E-state index in [4.69, 9.17) is 16.7 Å². The molecule has 0 amide bonds. The smallest absolute Gasteiger partial charge is 0.351 e. The van der Waals surface area contributed by atoms with Crippen LogP contribution in [0.3, 0.4) is 0 Å². The number of rotatable bonds is 6. The number of methoxy groups -OCH3 is 1. The third-order valence-corrected chi connectivity index (χ3v) is 4.55. The Morgan fingerprint density at radius 2 is 2.39 bits per heavy atom. The second kappa shape index (κ2) is 5.42. The Labute approximate surface area is 114 Å². The van der Waals surface area contributed by atoms with Crippen molar-refractivity contribution in [1.82, 2.24) is 4.98 Å². The fourth-order valence-electron chi connectivity index (χ4n) is 1.79. The maximum absolute atomic E-state index is 11.4. The van der Waals surface area contributed by atoms with Crippen LogP contribution in [0.4, 0.5) is 5.13 Å². The van der Waals surface area contributed by atoms with Crippen LogP contribution in [0, 0.1) is 5.41 Å². The number of anilines is 1. The maximum atomic E-state index is 11.4. The van der Waals surface area contributed by atoms with E-state index >= 15 is 0 Å². The van der Waals surface area contributed by atoms with Gasteiger partial charge in [-0.3, -0.25) is 0 Å². The summed E-state index contributed by atoms with van der Waals surface area (Å²) in [5.41, 5.74) is 0.193. The van der Waals surface area contributed by atoms with Crippen molar-refractivity contribution >= 4 is 34.0 Å². The summed E-state index contributed by atoms with van der Waals surface area (Å²) in [5.74, 6) is -0.470. The second-order valence-electron chi connectivity index (χ2n) is 4.46. The zero-order chi connectivity index (χ0) is 13.2. The van der Waals surface area contributed by atoms with Crippen LogP contribution in [-0.4, -0.2) is 36.3 Å². The van der Waals surface area contributed by atoms with Gasteiger partial charge < -0.3 is 15.2 Å². The van der Waals surface area contributed by atoms with Crippen LogP contribution in [0.5, 0.6) is 0 Å². The molecule has 1 aromatic heterocycles. The average molecular weight is 291 g/mol. The molecule has 2 N–H and O–H groups in total. The molecule has 1 saturated carbocycles. The van der Waals surface area contributed by atoms with Gasteiger partial charge >= 0.3 is 5.97 Å². The summed E-state index contributed by atoms with van der Waals surface area (Å²) in [4.78, 5) is 15.8. The van der Waals surface area contributed by atoms with E-state index in [9.17, 15) is 4.79 Å². The molecule has 0 bridgehead atoms. The Balaban J connectivity index is 1.96. The van der Waals surface area contributed by atoms with E-state index in [1.54, 1.807) is 0 Å². The molecule has 0 radical (unpaired) electrons. The quantitative estimate of drug-likeness (QED) is 0.786. The number of halogens is 1. The van der Waals surface area contributed by atoms with Gasteiger partial charge in [0, 0.05) is 13.2 Å². The Kier molecular flexibility index (Phi) is 4.09. The van der Waals surface area contributed by atoms with Gasteiger partial charge in [-0.15, -0.1) is 0 Å². The highest BCUT2D eigenvalue weighted by Crippen LogP contribution is 2.48. The average Bonchev–Trinajstić information content (AvgIpc) is 3.02. The minimum absolute atomic E-state index is 0.168. The van der Waals surface area contributed by atoms with E-state index in [1.807, 2.05) is 0 Å². The van der Waals surface area contributed by atoms with Crippen molar-refractivity contribution in [1.29, 1.82) is 0 Å². The van der Waals surface area contributed by atoms with Gasteiger partial charge in [0.2, 0.25) is 0 Å². The molecule has 7 heteroatoms. The Hall–Kier alpha value is -0.850. The first-order valence-electron chi connectivity index (χ1n) is 5.69. The van der Waals surface area contributed by atoms with Crippen molar-refractivity contribution in [2.75, 3.05) is 25.6 Å². The number of hydrogen-bond donors (Lipinski definition) is 2. The number of aliphatic hydroxyl groups is 1. The summed E-state index contributed by atoms with van der Waals surface area (Å²) in [6, 6.07) is 0. The second-order valence-corrected chi connectivity index (χ2v) is 5.81. The molecule has 100 valence electrons. The van der Waals surface area contributed by atoms with Gasteiger partial charge in [0.25, 0.3) is 0 Å². The number of thiazole rings is 1. The first-order valence-corrected chi connectivity index (χ1v) is 6.89. The molecule has 0 atom stereocenters. The predicted molar refractivity (Wildman–Crippen MR) is 70.3 cm³/mol. The minimum atomic E-state index is -0.470. The normalized spacial score (nSPS) is 16.4. The van der Waals surface area contributed by atoms with Gasteiger partial charge in [0.15, 0.2) is 15.2 Å². The highest BCUT2D eigenvalue weighted by atomic mass is 35.5. The first-order chi connectivity index (χ1) is 8.60. The lowest BCUT2D eigenvalue weighted by Gasteiger charge is -2.13. The highest BCUT2D eigenvalue weighted by molar-refractivity contribution is 7.18. The number of hydrogen-bond acceptors (Lipinski definition) is 6. The molecule has 1 aliphatic rings. The molecule has 1 fully saturated rings. The fourth-order valence-corrected chi connectivity index (χ4v) is 2.89. The molecule has 0 spiro atoms. The van der Waals surface area contributed by atoms with Crippen molar-refractivity contribution in [3.05, 3.63) is 10.0 Å². The molecule has 0 aliphatic heterocycles. The lowest BCUT2D eigenvalue weighted by molar-refractivity contribution is 0.0606. The molecule has 18 heavy (non-hydrogen) atoms. The van der Waals surface area contributed by atoms with Crippen LogP contribution in [0.25, 0.3) is 0 Å². The SMILES string of the molecule is COC(=O)c1sc(NCC2(CCO)CC2)nc1Cl. The summed E-state index contributed by atoms with van der Waals surface area (Å²) in [6.07, 6.45) is 3.02. The van der Waals surface area contributed by atoms with Crippen molar-refractivity contribution in [2.24, 2.45) is 5.41 Å². The lowest BCUT2D eigenvalue weighted by Crippen LogP contribution is -2.16. The monoisotopic (exact) mass is 290 g/mol. The lowest BCUT2D eigenvalue weighted by atomic mass is 10.0. The Bertz CT molecular complexity index is 445. The zero-order valence-electron chi connectivity index (χ0n) is 10.0. The molecular formula is C11H15ClN2O3S. The van der Waals surface area contributed by atoms with Gasteiger partial charge in [0.05, 0.1) is 7.11 Å². The van der Waals surface area contributed by atoms with E-state index < -0.39 is 5.97 Å². The molecule has 0 unspecified atom stereocenters. The number of nitrogens with zero attached hydrogens (tertiary/aromatic N) is 1. The summed E-state index contributed by atoms with van der Waals surface area (Å²) in [5, 5.41) is 12.9. The zero-order valence-corrected chi connectivity index (χ0v) is 11.6. The van der Waals surface area contributed by atoms with Gasteiger partial charge in [-0.1, -0.05) is 22.9 Å². The van der Waals surface area contributed by atoms with E-state index in [1.165, 1.54) is 18.4 Å². The predicted octanol–water partition coefficient (Wildman–Crippen LogP) is 2.16. The topological polar surface area (TPSA) is 71.5 Å². The van der Waals surface area contributed by atoms with Crippen molar-refractivity contribution in [3.63, 3.8) is 0 Å². The minimum Gasteiger partial charge on any atom is -0.465 e. The van der Waals surface area contributed by atoms with E-state index in [2.05, 4.69) is 15.0 Å². The fraction of sp³-hybridized carbons (Fsp3) is 0.636. The van der Waals surface area contributed by atoms with Crippen LogP contribution in [0.2, 0.25) is 5.15 Å². The van der Waals surface area contributed by atoms with Crippen molar-refractivity contribution < 1.29 is 14.6 Å². The van der Waals surface area contributed by atoms with Crippen LogP contribution in [0.15, 0.2) is 0 Å². The first kappa shape index (κ1) is 13.6. The van der Waals surface area contributed by atoms with Crippen LogP contribution < -0.4 is 5.32 Å². The summed E-state index contributed by atoms with van der Waals surface area (Å²) >= 11 is 7.05. The largest absolute Gasteiger partial charge is 0.465 e. The number of aliphatic hydroxyl groups excluding tert-OH is 1. The number of aromatic nitrogens is 1. The van der Waals surface area contributed by atoms with Gasteiger partial charge in [-0.25, -0.2) is 9.78 Å². The van der Waals surface area contributed by atoms with Crippen molar-refractivity contribution in [2.45, 2.75) is 19.3 Å². The van der Waals surface area contributed by atoms with Gasteiger partial charge in [-0.05, 0) is 24.7 Å². The maximum Gasteiger partial charge on any atom is 0.351 e. The molecule has 1 aliphatic carbocycles. The van der Waals surface area contributed by atoms with Crippen LogP contribution in [-0.2, 0) is 4.74 Å². The van der Waals surface area contributed by atoms with Gasteiger partial charge in [0.1, 0.15) is 0 Å². The summed E-state index contributed by atoms with van der Waals surface area (Å²) in [6.45, 7) is 0.950. The van der Waals surface area contributed by atoms with Gasteiger partial charge in [-0.2, -0.15) is 0 Å². The molecular weight excluding hydrogens is 276 g/mol. The molecule has 0 saturated heterocycles. The Morgan fingerprint density at radius 3 is 2.94 bits per heavy atom. The number of esters is 1. The highest BCUT2D eigenvalue weighted by Gasteiger charge is 2.41. The van der Waals surface area contributed by atoms with Crippen LogP contribution >= 0.6 is 22.9 Å². The number of ether oxygens (including phenoxy) is 1. The van der Waals surface area contributed by atoms with Crippen LogP contribution in [0.1, 0.15) is 28.9 Å². The third kappa shape index (κ3) is 2.93. The Morgan fingerprint density at radius 1 is 1.67 bits per heavy atom. The molecule has 5 nitrogen and oxygen atoms in total. The molecule has 1 heterocycles. The third-order valence-electron chi connectivity index (χ3n) is 3.17. The molecule has 2 rings (SSSR count). The summed E-state index contributed by atoms with van der Waals surface area (Å²) < 4.78 is 4.61. The van der Waals surface area contributed by atoms with Crippen molar-refractivity contribution in [3.8, 4) is 0 Å². The molecule has 0 aromatic carbocycles. The van der Waals surface area contributed by atoms with E-state index in [0.29, 0.717) is 10.0 Å².